The Morgan fingerprint density at radius 1 is 1.44 bits per heavy atom. The number of nitrogens with zero attached hydrogens (tertiary/aromatic N) is 2. The van der Waals surface area contributed by atoms with Crippen molar-refractivity contribution in [3.8, 4) is 6.19 Å². The monoisotopic (exact) mass is 297 g/mol. The van der Waals surface area contributed by atoms with Gasteiger partial charge in [-0.2, -0.15) is 5.26 Å². The Labute approximate surface area is 108 Å². The zero-order valence-electron chi connectivity index (χ0n) is 9.34. The van der Waals surface area contributed by atoms with Crippen LogP contribution in [-0.4, -0.2) is 11.4 Å². The lowest BCUT2D eigenvalue weighted by Gasteiger charge is -2.10. The molecule has 16 heavy (non-hydrogen) atoms. The number of anilines is 1. The Morgan fingerprint density at radius 2 is 2.00 bits per heavy atom. The van der Waals surface area contributed by atoms with Crippen LogP contribution in [0.15, 0.2) is 21.6 Å². The summed E-state index contributed by atoms with van der Waals surface area (Å²) in [7, 11) is 0. The molecule has 1 aromatic carbocycles. The van der Waals surface area contributed by atoms with E-state index in [1.807, 2.05) is 32.2 Å². The first-order chi connectivity index (χ1) is 7.58. The van der Waals surface area contributed by atoms with Crippen molar-refractivity contribution in [2.75, 3.05) is 11.6 Å². The largest absolute Gasteiger partial charge is 0.334 e. The Hall–Kier alpha value is -0.990. The van der Waals surface area contributed by atoms with Crippen LogP contribution in [0.25, 0.3) is 0 Å². The van der Waals surface area contributed by atoms with Crippen molar-refractivity contribution in [2.24, 2.45) is 4.99 Å². The van der Waals surface area contributed by atoms with Gasteiger partial charge in [0.15, 0.2) is 5.17 Å². The van der Waals surface area contributed by atoms with Crippen LogP contribution in [0.4, 0.5) is 5.69 Å². The highest BCUT2D eigenvalue weighted by molar-refractivity contribution is 9.10. The van der Waals surface area contributed by atoms with Gasteiger partial charge >= 0.3 is 0 Å². The molecule has 5 heteroatoms. The highest BCUT2D eigenvalue weighted by Crippen LogP contribution is 2.25. The molecule has 84 valence electrons. The van der Waals surface area contributed by atoms with Crippen LogP contribution >= 0.6 is 27.7 Å². The molecule has 1 rings (SSSR count). The fraction of sp³-hybridized carbons (Fsp3) is 0.273. The quantitative estimate of drug-likeness (QED) is 0.489. The molecular formula is C11H12BrN3S. The van der Waals surface area contributed by atoms with Crippen LogP contribution < -0.4 is 5.32 Å². The first-order valence-electron chi connectivity index (χ1n) is 4.63. The third kappa shape index (κ3) is 3.26. The fourth-order valence-electron chi connectivity index (χ4n) is 1.31. The van der Waals surface area contributed by atoms with Crippen LogP contribution in [0.2, 0.25) is 0 Å². The van der Waals surface area contributed by atoms with E-state index >= 15 is 0 Å². The van der Waals surface area contributed by atoms with E-state index in [0.717, 1.165) is 21.3 Å². The summed E-state index contributed by atoms with van der Waals surface area (Å²) in [5.41, 5.74) is 3.25. The Morgan fingerprint density at radius 3 is 2.44 bits per heavy atom. The molecule has 0 aliphatic carbocycles. The Balaban J connectivity index is 2.99. The molecular weight excluding hydrogens is 286 g/mol. The van der Waals surface area contributed by atoms with Crippen molar-refractivity contribution < 1.29 is 0 Å². The second-order valence-corrected chi connectivity index (χ2v) is 4.86. The number of rotatable bonds is 1. The van der Waals surface area contributed by atoms with Gasteiger partial charge in [-0.1, -0.05) is 27.7 Å². The molecule has 1 N–H and O–H groups in total. The maximum absolute atomic E-state index is 8.50. The summed E-state index contributed by atoms with van der Waals surface area (Å²) >= 11 is 4.92. The summed E-state index contributed by atoms with van der Waals surface area (Å²) in [6.07, 6.45) is 3.65. The van der Waals surface area contributed by atoms with Crippen LogP contribution in [0, 0.1) is 25.3 Å². The smallest absolute Gasteiger partial charge is 0.208 e. The zero-order valence-corrected chi connectivity index (χ0v) is 11.7. The van der Waals surface area contributed by atoms with E-state index in [9.17, 15) is 0 Å². The van der Waals surface area contributed by atoms with Crippen LogP contribution in [0.5, 0.6) is 0 Å². The molecule has 0 spiro atoms. The van der Waals surface area contributed by atoms with Gasteiger partial charge in [0.05, 0.1) is 0 Å². The van der Waals surface area contributed by atoms with Gasteiger partial charge in [0.2, 0.25) is 6.19 Å². The first kappa shape index (κ1) is 13.1. The predicted octanol–water partition coefficient (Wildman–Crippen LogP) is 3.68. The number of halogens is 1. The van der Waals surface area contributed by atoms with Crippen LogP contribution in [0.1, 0.15) is 11.1 Å². The highest BCUT2D eigenvalue weighted by Gasteiger charge is 2.04. The molecule has 0 aliphatic heterocycles. The van der Waals surface area contributed by atoms with Gasteiger partial charge in [-0.05, 0) is 43.4 Å². The van der Waals surface area contributed by atoms with E-state index < -0.39 is 0 Å². The maximum Gasteiger partial charge on any atom is 0.208 e. The molecule has 3 nitrogen and oxygen atoms in total. The third-order valence-corrected chi connectivity index (χ3v) is 3.86. The number of nitriles is 1. The zero-order chi connectivity index (χ0) is 12.1. The Kier molecular flexibility index (Phi) is 4.84. The average molecular weight is 298 g/mol. The minimum atomic E-state index is 0.601. The molecule has 0 radical (unpaired) electrons. The molecule has 0 unspecified atom stereocenters. The number of hydrogen-bond acceptors (Lipinski definition) is 3. The van der Waals surface area contributed by atoms with Crippen molar-refractivity contribution in [3.63, 3.8) is 0 Å². The summed E-state index contributed by atoms with van der Waals surface area (Å²) in [5.74, 6) is 0. The van der Waals surface area contributed by atoms with Crippen molar-refractivity contribution in [3.05, 3.63) is 27.7 Å². The van der Waals surface area contributed by atoms with E-state index in [4.69, 9.17) is 5.26 Å². The number of nitrogens with one attached hydrogen (secondary N) is 1. The van der Waals surface area contributed by atoms with Gasteiger partial charge in [0.25, 0.3) is 0 Å². The topological polar surface area (TPSA) is 48.2 Å². The lowest BCUT2D eigenvalue weighted by atomic mass is 10.1. The standard InChI is InChI=1S/C11H12BrN3S/c1-7-4-9(5-8(2)10(7)12)15-11(16-3)14-6-13/h4-5H,1-3H3,(H,14,15). The maximum atomic E-state index is 8.50. The Bertz CT molecular complexity index is 440. The molecule has 0 aliphatic rings. The number of amidine groups is 1. The molecule has 0 heterocycles. The fourth-order valence-corrected chi connectivity index (χ4v) is 1.89. The molecule has 0 bridgehead atoms. The summed E-state index contributed by atoms with van der Waals surface area (Å²) in [6, 6.07) is 4.03. The van der Waals surface area contributed by atoms with Gasteiger partial charge in [0.1, 0.15) is 0 Å². The van der Waals surface area contributed by atoms with Gasteiger partial charge < -0.3 is 5.32 Å². The van der Waals surface area contributed by atoms with Gasteiger partial charge in [-0.15, -0.1) is 4.99 Å². The predicted molar refractivity (Wildman–Crippen MR) is 73.8 cm³/mol. The van der Waals surface area contributed by atoms with Crippen molar-refractivity contribution in [2.45, 2.75) is 13.8 Å². The van der Waals surface area contributed by atoms with E-state index in [1.165, 1.54) is 11.8 Å². The van der Waals surface area contributed by atoms with E-state index in [1.54, 1.807) is 6.19 Å². The van der Waals surface area contributed by atoms with Crippen molar-refractivity contribution >= 4 is 38.5 Å². The minimum absolute atomic E-state index is 0.601. The normalized spacial score (nSPS) is 11.1. The first-order valence-corrected chi connectivity index (χ1v) is 6.64. The van der Waals surface area contributed by atoms with Crippen LogP contribution in [0.3, 0.4) is 0 Å². The van der Waals surface area contributed by atoms with Crippen molar-refractivity contribution in [1.29, 1.82) is 5.26 Å². The van der Waals surface area contributed by atoms with E-state index in [2.05, 4.69) is 26.2 Å². The summed E-state index contributed by atoms with van der Waals surface area (Å²) in [4.78, 5) is 3.68. The number of thioether (sulfide) groups is 1. The second kappa shape index (κ2) is 5.92. The lowest BCUT2D eigenvalue weighted by molar-refractivity contribution is 1.34. The molecule has 0 fully saturated rings. The molecule has 1 aromatic rings. The number of aliphatic imine (C=N–C) groups is 1. The second-order valence-electron chi connectivity index (χ2n) is 3.27. The molecule has 0 atom stereocenters. The lowest BCUT2D eigenvalue weighted by Crippen LogP contribution is -2.07. The third-order valence-electron chi connectivity index (χ3n) is 2.03. The van der Waals surface area contributed by atoms with Crippen LogP contribution in [-0.2, 0) is 0 Å². The van der Waals surface area contributed by atoms with Gasteiger partial charge in [-0.25, -0.2) is 0 Å². The van der Waals surface area contributed by atoms with Gasteiger partial charge in [-0.3, -0.25) is 0 Å². The van der Waals surface area contributed by atoms with E-state index in [-0.39, 0.29) is 0 Å². The number of hydrogen-bond donors (Lipinski definition) is 1. The van der Waals surface area contributed by atoms with E-state index in [0.29, 0.717) is 5.17 Å². The SMILES string of the molecule is CS/C(=N\C#N)Nc1cc(C)c(Br)c(C)c1. The molecule has 0 amide bonds. The van der Waals surface area contributed by atoms with Gasteiger partial charge in [0, 0.05) is 10.2 Å². The average Bonchev–Trinajstić information content (AvgIpc) is 2.25. The highest BCUT2D eigenvalue weighted by atomic mass is 79.9. The molecule has 0 aromatic heterocycles. The minimum Gasteiger partial charge on any atom is -0.334 e. The summed E-state index contributed by atoms with van der Waals surface area (Å²) in [5, 5.41) is 12.2. The molecule has 0 saturated heterocycles. The van der Waals surface area contributed by atoms with Crippen molar-refractivity contribution in [1.82, 2.24) is 0 Å². The number of benzene rings is 1. The summed E-state index contributed by atoms with van der Waals surface area (Å²) in [6.45, 7) is 4.06. The number of aryl methyl sites for hydroxylation is 2. The summed E-state index contributed by atoms with van der Waals surface area (Å²) < 4.78 is 1.11. The molecule has 0 saturated carbocycles.